The number of hydrogen-bond donors (Lipinski definition) is 1. The molecule has 0 saturated carbocycles. The van der Waals surface area contributed by atoms with E-state index in [1.165, 1.54) is 23.9 Å². The van der Waals surface area contributed by atoms with Crippen LogP contribution in [0, 0.1) is 6.92 Å². The fourth-order valence-electron chi connectivity index (χ4n) is 2.58. The number of halogens is 2. The van der Waals surface area contributed by atoms with Crippen LogP contribution in [-0.4, -0.2) is 34.8 Å². The van der Waals surface area contributed by atoms with Crippen molar-refractivity contribution in [1.29, 1.82) is 0 Å². The summed E-state index contributed by atoms with van der Waals surface area (Å²) in [5.74, 6) is 0.262. The number of aromatic nitrogens is 2. The van der Waals surface area contributed by atoms with Crippen LogP contribution in [0.1, 0.15) is 11.3 Å². The molecule has 28 heavy (non-hydrogen) atoms. The number of rotatable bonds is 8. The Balaban J connectivity index is 1.45. The summed E-state index contributed by atoms with van der Waals surface area (Å²) in [6.45, 7) is -0.503. The second-order valence-electron chi connectivity index (χ2n) is 6.01. The van der Waals surface area contributed by atoms with Crippen molar-refractivity contribution in [3.8, 4) is 5.75 Å². The van der Waals surface area contributed by atoms with Crippen LogP contribution < -0.4 is 10.1 Å². The summed E-state index contributed by atoms with van der Waals surface area (Å²) in [5.41, 5.74) is 3.35. The summed E-state index contributed by atoms with van der Waals surface area (Å²) in [5, 5.41) is 3.58. The van der Waals surface area contributed by atoms with Gasteiger partial charge in [-0.05, 0) is 43.2 Å². The highest BCUT2D eigenvalue weighted by molar-refractivity contribution is 7.99. The minimum absolute atomic E-state index is 0.1000. The number of benzene rings is 2. The van der Waals surface area contributed by atoms with Crippen molar-refractivity contribution in [2.75, 3.05) is 12.3 Å². The Morgan fingerprint density at radius 2 is 1.79 bits per heavy atom. The predicted molar refractivity (Wildman–Crippen MR) is 105 cm³/mol. The van der Waals surface area contributed by atoms with Crippen LogP contribution >= 0.6 is 11.8 Å². The summed E-state index contributed by atoms with van der Waals surface area (Å²) < 4.78 is 28.6. The summed E-state index contributed by atoms with van der Waals surface area (Å²) in [6, 6.07) is 14.0. The molecule has 8 heteroatoms. The van der Waals surface area contributed by atoms with Gasteiger partial charge in [0, 0.05) is 6.54 Å². The van der Waals surface area contributed by atoms with Gasteiger partial charge >= 0.3 is 6.61 Å². The maximum atomic E-state index is 12.1. The second-order valence-corrected chi connectivity index (χ2v) is 6.98. The van der Waals surface area contributed by atoms with Gasteiger partial charge in [-0.15, -0.1) is 0 Å². The van der Waals surface area contributed by atoms with Crippen molar-refractivity contribution in [2.24, 2.45) is 0 Å². The summed E-state index contributed by atoms with van der Waals surface area (Å²) in [7, 11) is 0. The molecule has 0 atom stereocenters. The minimum Gasteiger partial charge on any atom is -0.435 e. The van der Waals surface area contributed by atoms with Crippen molar-refractivity contribution in [1.82, 2.24) is 15.3 Å². The van der Waals surface area contributed by atoms with Crippen LogP contribution in [-0.2, 0) is 11.2 Å². The van der Waals surface area contributed by atoms with E-state index in [0.717, 1.165) is 27.3 Å². The van der Waals surface area contributed by atoms with E-state index in [-0.39, 0.29) is 17.4 Å². The van der Waals surface area contributed by atoms with Gasteiger partial charge in [-0.25, -0.2) is 9.97 Å². The summed E-state index contributed by atoms with van der Waals surface area (Å²) in [4.78, 5) is 21.1. The lowest BCUT2D eigenvalue weighted by atomic mass is 10.1. The van der Waals surface area contributed by atoms with Gasteiger partial charge in [-0.1, -0.05) is 36.0 Å². The van der Waals surface area contributed by atoms with Crippen LogP contribution in [0.25, 0.3) is 11.0 Å². The van der Waals surface area contributed by atoms with Crippen LogP contribution in [0.4, 0.5) is 8.78 Å². The molecule has 5 nitrogen and oxygen atoms in total. The number of fused-ring (bicyclic) bond motifs is 1. The zero-order chi connectivity index (χ0) is 19.9. The van der Waals surface area contributed by atoms with Gasteiger partial charge in [0.05, 0.1) is 22.5 Å². The molecule has 2 aromatic carbocycles. The number of thioether (sulfide) groups is 1. The molecule has 0 aliphatic carbocycles. The maximum absolute atomic E-state index is 12.1. The van der Waals surface area contributed by atoms with Crippen LogP contribution in [0.15, 0.2) is 53.6 Å². The number of carbonyl (C=O) groups excluding carboxylic acids is 1. The van der Waals surface area contributed by atoms with Gasteiger partial charge in [0.25, 0.3) is 0 Å². The van der Waals surface area contributed by atoms with E-state index in [1.807, 2.05) is 31.2 Å². The summed E-state index contributed by atoms with van der Waals surface area (Å²) >= 11 is 1.35. The van der Waals surface area contributed by atoms with Crippen molar-refractivity contribution in [2.45, 2.75) is 25.0 Å². The first kappa shape index (κ1) is 20.0. The van der Waals surface area contributed by atoms with Gasteiger partial charge < -0.3 is 10.1 Å². The van der Waals surface area contributed by atoms with Crippen LogP contribution in [0.5, 0.6) is 5.75 Å². The van der Waals surface area contributed by atoms with E-state index in [0.29, 0.717) is 13.0 Å². The maximum Gasteiger partial charge on any atom is 0.387 e. The zero-order valence-electron chi connectivity index (χ0n) is 15.2. The van der Waals surface area contributed by atoms with E-state index < -0.39 is 6.61 Å². The van der Waals surface area contributed by atoms with Gasteiger partial charge in [-0.3, -0.25) is 4.79 Å². The summed E-state index contributed by atoms with van der Waals surface area (Å²) in [6.07, 6.45) is 0.597. The Bertz CT molecular complexity index is 952. The fourth-order valence-corrected chi connectivity index (χ4v) is 3.36. The Morgan fingerprint density at radius 3 is 2.46 bits per heavy atom. The van der Waals surface area contributed by atoms with Gasteiger partial charge in [0.1, 0.15) is 10.8 Å². The van der Waals surface area contributed by atoms with Crippen LogP contribution in [0.3, 0.4) is 0 Å². The molecule has 0 aliphatic rings. The lowest BCUT2D eigenvalue weighted by Gasteiger charge is -2.08. The van der Waals surface area contributed by atoms with E-state index in [4.69, 9.17) is 0 Å². The highest BCUT2D eigenvalue weighted by Gasteiger charge is 2.09. The molecule has 1 heterocycles. The molecule has 0 unspecified atom stereocenters. The van der Waals surface area contributed by atoms with E-state index in [9.17, 15) is 13.6 Å². The molecule has 1 N–H and O–H groups in total. The van der Waals surface area contributed by atoms with E-state index in [1.54, 1.807) is 12.1 Å². The number of ether oxygens (including phenoxy) is 1. The average molecular weight is 403 g/mol. The van der Waals surface area contributed by atoms with Crippen molar-refractivity contribution < 1.29 is 18.3 Å². The van der Waals surface area contributed by atoms with Crippen LogP contribution in [0.2, 0.25) is 0 Å². The molecule has 1 amide bonds. The molecular formula is C20H19F2N3O2S. The lowest BCUT2D eigenvalue weighted by molar-refractivity contribution is -0.118. The number of aryl methyl sites for hydroxylation is 1. The van der Waals surface area contributed by atoms with Crippen molar-refractivity contribution in [3.05, 3.63) is 59.8 Å². The Morgan fingerprint density at radius 1 is 1.11 bits per heavy atom. The van der Waals surface area contributed by atoms with Gasteiger partial charge in [0.2, 0.25) is 5.91 Å². The van der Waals surface area contributed by atoms with Crippen molar-refractivity contribution >= 4 is 28.7 Å². The molecule has 0 saturated heterocycles. The largest absolute Gasteiger partial charge is 0.435 e. The molecule has 0 bridgehead atoms. The third-order valence-electron chi connectivity index (χ3n) is 3.93. The number of hydrogen-bond acceptors (Lipinski definition) is 5. The first-order chi connectivity index (χ1) is 13.5. The standard InChI is InChI=1S/C20H19F2N3O2S/c1-13-19(25-17-5-3-2-4-16(17)24-13)28-12-18(26)23-11-10-14-6-8-15(9-7-14)27-20(21)22/h2-9,20H,10-12H2,1H3,(H,23,26). The molecule has 0 radical (unpaired) electrons. The number of nitrogens with one attached hydrogen (secondary N) is 1. The highest BCUT2D eigenvalue weighted by Crippen LogP contribution is 2.21. The molecule has 3 aromatic rings. The number of nitrogens with zero attached hydrogens (tertiary/aromatic N) is 2. The SMILES string of the molecule is Cc1nc2ccccc2nc1SCC(=O)NCCc1ccc(OC(F)F)cc1. The number of para-hydroxylation sites is 2. The molecule has 0 aliphatic heterocycles. The smallest absolute Gasteiger partial charge is 0.387 e. The first-order valence-electron chi connectivity index (χ1n) is 8.68. The van der Waals surface area contributed by atoms with Gasteiger partial charge in [-0.2, -0.15) is 8.78 Å². The third-order valence-corrected chi connectivity index (χ3v) is 4.99. The molecule has 1 aromatic heterocycles. The molecule has 3 rings (SSSR count). The molecule has 146 valence electrons. The quantitative estimate of drug-likeness (QED) is 0.576. The average Bonchev–Trinajstić information content (AvgIpc) is 2.67. The third kappa shape index (κ3) is 5.63. The van der Waals surface area contributed by atoms with E-state index in [2.05, 4.69) is 20.0 Å². The normalized spacial score (nSPS) is 11.0. The Kier molecular flexibility index (Phi) is 6.76. The predicted octanol–water partition coefficient (Wildman–Crippen LogP) is 3.99. The first-order valence-corrected chi connectivity index (χ1v) is 9.66. The van der Waals surface area contributed by atoms with E-state index >= 15 is 0 Å². The Labute approximate surface area is 165 Å². The second kappa shape index (κ2) is 9.45. The lowest BCUT2D eigenvalue weighted by Crippen LogP contribution is -2.27. The number of carbonyl (C=O) groups is 1. The molecule has 0 fully saturated rings. The van der Waals surface area contributed by atoms with Crippen molar-refractivity contribution in [3.63, 3.8) is 0 Å². The number of alkyl halides is 2. The Hall–Kier alpha value is -2.74. The zero-order valence-corrected chi connectivity index (χ0v) is 16.0. The number of amides is 1. The van der Waals surface area contributed by atoms with Gasteiger partial charge in [0.15, 0.2) is 0 Å². The monoisotopic (exact) mass is 403 g/mol. The highest BCUT2D eigenvalue weighted by atomic mass is 32.2. The molecule has 0 spiro atoms. The molecular weight excluding hydrogens is 384 g/mol. The topological polar surface area (TPSA) is 64.1 Å². The minimum atomic E-state index is -2.83. The fraction of sp³-hybridized carbons (Fsp3) is 0.250.